The zero-order chi connectivity index (χ0) is 12.5. The molecule has 2 atom stereocenters. The third-order valence-electron chi connectivity index (χ3n) is 3.28. The number of rotatable bonds is 3. The lowest BCUT2D eigenvalue weighted by atomic mass is 9.94. The lowest BCUT2D eigenvalue weighted by Gasteiger charge is -2.20. The molecule has 1 heterocycles. The second-order valence-electron chi connectivity index (χ2n) is 4.51. The minimum Gasteiger partial charge on any atom is -0.327 e. The summed E-state index contributed by atoms with van der Waals surface area (Å²) in [6.45, 7) is 0. The summed E-state index contributed by atoms with van der Waals surface area (Å²) in [5.74, 6) is -0.0199. The molecule has 0 spiro atoms. The van der Waals surface area contributed by atoms with Gasteiger partial charge in [0.15, 0.2) is 0 Å². The number of hydrogen-bond acceptors (Lipinski definition) is 2. The lowest BCUT2D eigenvalue weighted by molar-refractivity contribution is -0.136. The number of pyridine rings is 1. The van der Waals surface area contributed by atoms with Gasteiger partial charge in [0.25, 0.3) is 0 Å². The van der Waals surface area contributed by atoms with Gasteiger partial charge in [0.05, 0.1) is 0 Å². The van der Waals surface area contributed by atoms with Crippen molar-refractivity contribution in [2.24, 2.45) is 5.73 Å². The first-order valence-electron chi connectivity index (χ1n) is 5.73. The Balaban J connectivity index is 2.00. The number of nitrogens with zero attached hydrogens (tertiary/aromatic N) is 1. The zero-order valence-electron chi connectivity index (χ0n) is 9.37. The Morgan fingerprint density at radius 2 is 2.24 bits per heavy atom. The molecule has 1 aliphatic carbocycles. The number of aryl methyl sites for hydroxylation is 1. The molecule has 0 amide bonds. The predicted molar refractivity (Wildman–Crippen MR) is 58.6 cm³/mol. The van der Waals surface area contributed by atoms with Gasteiger partial charge in [-0.05, 0) is 30.9 Å². The minimum absolute atomic E-state index is 0.0199. The molecule has 0 aromatic carbocycles. The van der Waals surface area contributed by atoms with E-state index in [1.807, 2.05) is 12.1 Å². The molecule has 0 saturated heterocycles. The quantitative estimate of drug-likeness (QED) is 0.888. The maximum atomic E-state index is 12.1. The molecular weight excluding hydrogens is 229 g/mol. The summed E-state index contributed by atoms with van der Waals surface area (Å²) in [4.78, 5) is 4.24. The van der Waals surface area contributed by atoms with Crippen molar-refractivity contribution in [1.29, 1.82) is 0 Å². The Labute approximate surface area is 98.0 Å². The molecular formula is C12H15F3N2. The average molecular weight is 244 g/mol. The van der Waals surface area contributed by atoms with Crippen LogP contribution < -0.4 is 5.73 Å². The van der Waals surface area contributed by atoms with Crippen molar-refractivity contribution in [3.05, 3.63) is 29.6 Å². The molecule has 1 aliphatic rings. The monoisotopic (exact) mass is 244 g/mol. The molecule has 2 nitrogen and oxygen atoms in total. The van der Waals surface area contributed by atoms with Crippen LogP contribution in [0.2, 0.25) is 0 Å². The number of aromatic nitrogens is 1. The van der Waals surface area contributed by atoms with Crippen LogP contribution in [0.1, 0.15) is 36.4 Å². The summed E-state index contributed by atoms with van der Waals surface area (Å²) in [7, 11) is 0. The topological polar surface area (TPSA) is 38.9 Å². The fourth-order valence-electron chi connectivity index (χ4n) is 2.39. The first-order valence-corrected chi connectivity index (χ1v) is 5.73. The van der Waals surface area contributed by atoms with Gasteiger partial charge in [0.2, 0.25) is 0 Å². The molecule has 2 N–H and O–H groups in total. The Morgan fingerprint density at radius 1 is 1.47 bits per heavy atom. The smallest absolute Gasteiger partial charge is 0.327 e. The summed E-state index contributed by atoms with van der Waals surface area (Å²) in [6, 6.07) is 3.37. The van der Waals surface area contributed by atoms with Crippen LogP contribution in [0.5, 0.6) is 0 Å². The molecule has 2 rings (SSSR count). The van der Waals surface area contributed by atoms with E-state index >= 15 is 0 Å². The highest BCUT2D eigenvalue weighted by molar-refractivity contribution is 5.29. The van der Waals surface area contributed by atoms with Crippen molar-refractivity contribution in [2.45, 2.75) is 43.8 Å². The molecule has 0 saturated carbocycles. The highest BCUT2D eigenvalue weighted by atomic mass is 19.4. The highest BCUT2D eigenvalue weighted by Crippen LogP contribution is 2.35. The molecule has 2 unspecified atom stereocenters. The van der Waals surface area contributed by atoms with Crippen LogP contribution >= 0.6 is 0 Å². The summed E-state index contributed by atoms with van der Waals surface area (Å²) in [5.41, 5.74) is 7.88. The van der Waals surface area contributed by atoms with Gasteiger partial charge in [0.1, 0.15) is 0 Å². The second kappa shape index (κ2) is 4.64. The van der Waals surface area contributed by atoms with E-state index in [2.05, 4.69) is 4.98 Å². The van der Waals surface area contributed by atoms with E-state index in [-0.39, 0.29) is 12.3 Å². The van der Waals surface area contributed by atoms with Crippen molar-refractivity contribution < 1.29 is 13.2 Å². The molecule has 0 aliphatic heterocycles. The minimum atomic E-state index is -4.12. The van der Waals surface area contributed by atoms with E-state index in [1.165, 1.54) is 0 Å². The van der Waals surface area contributed by atoms with E-state index in [9.17, 15) is 13.2 Å². The number of nitrogens with two attached hydrogens (primary N) is 1. The van der Waals surface area contributed by atoms with E-state index in [1.54, 1.807) is 6.20 Å². The summed E-state index contributed by atoms with van der Waals surface area (Å²) in [6.07, 6.45) is -1.60. The van der Waals surface area contributed by atoms with Gasteiger partial charge < -0.3 is 5.73 Å². The van der Waals surface area contributed by atoms with Crippen molar-refractivity contribution in [1.82, 2.24) is 4.98 Å². The molecule has 5 heteroatoms. The molecule has 0 bridgehead atoms. The third kappa shape index (κ3) is 2.97. The van der Waals surface area contributed by atoms with Crippen molar-refractivity contribution in [3.63, 3.8) is 0 Å². The van der Waals surface area contributed by atoms with E-state index in [0.29, 0.717) is 0 Å². The number of hydrogen-bond donors (Lipinski definition) is 1. The molecule has 0 fully saturated rings. The van der Waals surface area contributed by atoms with Crippen LogP contribution in [0.3, 0.4) is 0 Å². The highest BCUT2D eigenvalue weighted by Gasteiger charge is 2.33. The predicted octanol–water partition coefficient (Wildman–Crippen LogP) is 2.78. The largest absolute Gasteiger partial charge is 0.389 e. The standard InChI is InChI=1S/C12H15F3N2/c13-12(14,15)6-5-10(16)9-4-3-8-2-1-7-17-11(8)9/h1-2,7,9-10H,3-6,16H2. The van der Waals surface area contributed by atoms with Gasteiger partial charge in [-0.1, -0.05) is 6.07 Å². The number of halogens is 3. The van der Waals surface area contributed by atoms with Gasteiger partial charge in [-0.2, -0.15) is 13.2 Å². The number of fused-ring (bicyclic) bond motifs is 1. The van der Waals surface area contributed by atoms with Crippen LogP contribution in [-0.2, 0) is 6.42 Å². The molecule has 17 heavy (non-hydrogen) atoms. The Hall–Kier alpha value is -1.10. The van der Waals surface area contributed by atoms with Gasteiger partial charge >= 0.3 is 6.18 Å². The first kappa shape index (κ1) is 12.4. The van der Waals surface area contributed by atoms with Crippen molar-refractivity contribution in [3.8, 4) is 0 Å². The van der Waals surface area contributed by atoms with Crippen LogP contribution in [-0.4, -0.2) is 17.2 Å². The maximum absolute atomic E-state index is 12.1. The van der Waals surface area contributed by atoms with Gasteiger partial charge in [-0.3, -0.25) is 4.98 Å². The maximum Gasteiger partial charge on any atom is 0.389 e. The Bertz CT molecular complexity index is 390. The Morgan fingerprint density at radius 3 is 2.94 bits per heavy atom. The Kier molecular flexibility index (Phi) is 3.38. The molecule has 1 aromatic heterocycles. The van der Waals surface area contributed by atoms with Crippen LogP contribution in [0.4, 0.5) is 13.2 Å². The normalized spacial score (nSPS) is 21.3. The van der Waals surface area contributed by atoms with E-state index < -0.39 is 18.6 Å². The van der Waals surface area contributed by atoms with Gasteiger partial charge in [-0.25, -0.2) is 0 Å². The average Bonchev–Trinajstić information content (AvgIpc) is 2.68. The SMILES string of the molecule is NC(CCC(F)(F)F)C1CCc2cccnc21. The number of alkyl halides is 3. The fraction of sp³-hybridized carbons (Fsp3) is 0.583. The fourth-order valence-corrected chi connectivity index (χ4v) is 2.39. The summed E-state index contributed by atoms with van der Waals surface area (Å²) >= 11 is 0. The lowest BCUT2D eigenvalue weighted by Crippen LogP contribution is -2.29. The molecule has 1 aromatic rings. The second-order valence-corrected chi connectivity index (χ2v) is 4.51. The van der Waals surface area contributed by atoms with Crippen molar-refractivity contribution in [2.75, 3.05) is 0 Å². The van der Waals surface area contributed by atoms with Gasteiger partial charge in [0, 0.05) is 30.3 Å². The van der Waals surface area contributed by atoms with Crippen LogP contribution in [0.15, 0.2) is 18.3 Å². The summed E-state index contributed by atoms with van der Waals surface area (Å²) in [5, 5.41) is 0. The van der Waals surface area contributed by atoms with E-state index in [4.69, 9.17) is 5.73 Å². The first-order chi connectivity index (χ1) is 7.97. The van der Waals surface area contributed by atoms with E-state index in [0.717, 1.165) is 24.1 Å². The van der Waals surface area contributed by atoms with Crippen LogP contribution in [0.25, 0.3) is 0 Å². The third-order valence-corrected chi connectivity index (χ3v) is 3.28. The zero-order valence-corrected chi connectivity index (χ0v) is 9.37. The van der Waals surface area contributed by atoms with Gasteiger partial charge in [-0.15, -0.1) is 0 Å². The summed E-state index contributed by atoms with van der Waals surface area (Å²) < 4.78 is 36.4. The van der Waals surface area contributed by atoms with Crippen LogP contribution in [0, 0.1) is 0 Å². The molecule has 94 valence electrons. The molecule has 0 radical (unpaired) electrons. The van der Waals surface area contributed by atoms with Crippen molar-refractivity contribution >= 4 is 0 Å².